The third-order valence-electron chi connectivity index (χ3n) is 2.79. The Bertz CT molecular complexity index is 606. The Morgan fingerprint density at radius 3 is 2.70 bits per heavy atom. The van der Waals surface area contributed by atoms with Gasteiger partial charge in [0, 0.05) is 27.2 Å². The summed E-state index contributed by atoms with van der Waals surface area (Å²) in [5, 5.41) is 3.46. The molecule has 0 aliphatic rings. The molecule has 0 heterocycles. The smallest absolute Gasteiger partial charge is 0.131 e. The van der Waals surface area contributed by atoms with Crippen molar-refractivity contribution in [1.29, 1.82) is 0 Å². The van der Waals surface area contributed by atoms with E-state index >= 15 is 0 Å². The molecule has 2 rings (SSSR count). The van der Waals surface area contributed by atoms with Gasteiger partial charge in [0.2, 0.25) is 0 Å². The van der Waals surface area contributed by atoms with Crippen molar-refractivity contribution in [1.82, 2.24) is 5.32 Å². The topological polar surface area (TPSA) is 21.3 Å². The van der Waals surface area contributed by atoms with Gasteiger partial charge in [-0.2, -0.15) is 0 Å². The number of hydrogen-bond donors (Lipinski definition) is 1. The Balaban J connectivity index is 2.14. The molecule has 0 saturated carbocycles. The standard InChI is InChI=1S/C15H14BrClFNO/c1-19-8-11-6-12(16)3-5-15(11)20-9-10-2-4-13(17)7-14(10)18/h2-7,19H,8-9H2,1H3. The maximum absolute atomic E-state index is 13.7. The molecule has 5 heteroatoms. The van der Waals surface area contributed by atoms with Crippen LogP contribution in [0.25, 0.3) is 0 Å². The fraction of sp³-hybridized carbons (Fsp3) is 0.200. The van der Waals surface area contributed by atoms with E-state index in [1.807, 2.05) is 25.2 Å². The summed E-state index contributed by atoms with van der Waals surface area (Å²) in [5.41, 5.74) is 1.49. The number of rotatable bonds is 5. The highest BCUT2D eigenvalue weighted by molar-refractivity contribution is 9.10. The minimum absolute atomic E-state index is 0.168. The monoisotopic (exact) mass is 357 g/mol. The number of halogens is 3. The van der Waals surface area contributed by atoms with Crippen LogP contribution in [0, 0.1) is 5.82 Å². The molecule has 0 aliphatic carbocycles. The van der Waals surface area contributed by atoms with Crippen molar-refractivity contribution in [2.45, 2.75) is 13.2 Å². The minimum atomic E-state index is -0.357. The van der Waals surface area contributed by atoms with Crippen LogP contribution in [0.1, 0.15) is 11.1 Å². The van der Waals surface area contributed by atoms with Gasteiger partial charge in [-0.15, -0.1) is 0 Å². The average Bonchev–Trinajstić information content (AvgIpc) is 2.40. The van der Waals surface area contributed by atoms with Crippen molar-refractivity contribution in [2.24, 2.45) is 0 Å². The van der Waals surface area contributed by atoms with E-state index < -0.39 is 0 Å². The van der Waals surface area contributed by atoms with E-state index in [4.69, 9.17) is 16.3 Å². The number of ether oxygens (including phenoxy) is 1. The lowest BCUT2D eigenvalue weighted by Crippen LogP contribution is -2.08. The van der Waals surface area contributed by atoms with Gasteiger partial charge in [-0.3, -0.25) is 0 Å². The first kappa shape index (κ1) is 15.3. The molecule has 0 unspecified atom stereocenters. The Labute approximate surface area is 131 Å². The maximum Gasteiger partial charge on any atom is 0.131 e. The first-order chi connectivity index (χ1) is 9.60. The molecular weight excluding hydrogens is 345 g/mol. The summed E-state index contributed by atoms with van der Waals surface area (Å²) < 4.78 is 20.4. The summed E-state index contributed by atoms with van der Waals surface area (Å²) >= 11 is 9.15. The van der Waals surface area contributed by atoms with Gasteiger partial charge >= 0.3 is 0 Å². The van der Waals surface area contributed by atoms with E-state index in [2.05, 4.69) is 21.2 Å². The number of nitrogens with one attached hydrogen (secondary N) is 1. The molecule has 20 heavy (non-hydrogen) atoms. The SMILES string of the molecule is CNCc1cc(Br)ccc1OCc1ccc(Cl)cc1F. The molecule has 2 aromatic carbocycles. The first-order valence-electron chi connectivity index (χ1n) is 6.10. The lowest BCUT2D eigenvalue weighted by Gasteiger charge is -2.12. The van der Waals surface area contributed by atoms with Gasteiger partial charge in [-0.05, 0) is 37.4 Å². The molecular formula is C15H14BrClFNO. The molecule has 2 nitrogen and oxygen atoms in total. The Kier molecular flexibility index (Phi) is 5.40. The normalized spacial score (nSPS) is 10.6. The van der Waals surface area contributed by atoms with Crippen LogP contribution in [-0.4, -0.2) is 7.05 Å². The predicted octanol–water partition coefficient (Wildman–Crippen LogP) is 4.54. The Hall–Kier alpha value is -1.10. The van der Waals surface area contributed by atoms with Gasteiger partial charge in [0.25, 0.3) is 0 Å². The lowest BCUT2D eigenvalue weighted by atomic mass is 10.2. The van der Waals surface area contributed by atoms with Gasteiger partial charge in [0.1, 0.15) is 18.2 Å². The van der Waals surface area contributed by atoms with Crippen LogP contribution < -0.4 is 10.1 Å². The van der Waals surface area contributed by atoms with Crippen LogP contribution in [0.2, 0.25) is 5.02 Å². The van der Waals surface area contributed by atoms with Gasteiger partial charge in [-0.1, -0.05) is 33.6 Å². The first-order valence-corrected chi connectivity index (χ1v) is 7.27. The van der Waals surface area contributed by atoms with Gasteiger partial charge < -0.3 is 10.1 Å². The Morgan fingerprint density at radius 1 is 1.20 bits per heavy atom. The fourth-order valence-electron chi connectivity index (χ4n) is 1.81. The predicted molar refractivity (Wildman–Crippen MR) is 82.6 cm³/mol. The van der Waals surface area contributed by atoms with Crippen LogP contribution in [0.3, 0.4) is 0 Å². The largest absolute Gasteiger partial charge is 0.488 e. The molecule has 0 amide bonds. The lowest BCUT2D eigenvalue weighted by molar-refractivity contribution is 0.296. The van der Waals surface area contributed by atoms with E-state index in [0.717, 1.165) is 15.8 Å². The van der Waals surface area contributed by atoms with Crippen molar-refractivity contribution >= 4 is 27.5 Å². The van der Waals surface area contributed by atoms with E-state index in [1.54, 1.807) is 12.1 Å². The van der Waals surface area contributed by atoms with Gasteiger partial charge in [0.15, 0.2) is 0 Å². The molecule has 0 saturated heterocycles. The maximum atomic E-state index is 13.7. The quantitative estimate of drug-likeness (QED) is 0.847. The van der Waals surface area contributed by atoms with Crippen molar-refractivity contribution in [3.63, 3.8) is 0 Å². The van der Waals surface area contributed by atoms with Crippen molar-refractivity contribution in [3.05, 3.63) is 62.8 Å². The number of hydrogen-bond acceptors (Lipinski definition) is 2. The molecule has 0 aliphatic heterocycles. The molecule has 1 N–H and O–H groups in total. The zero-order chi connectivity index (χ0) is 14.5. The van der Waals surface area contributed by atoms with Crippen LogP contribution in [0.5, 0.6) is 5.75 Å². The van der Waals surface area contributed by atoms with Gasteiger partial charge in [0.05, 0.1) is 0 Å². The molecule has 0 atom stereocenters. The minimum Gasteiger partial charge on any atom is -0.488 e. The van der Waals surface area contributed by atoms with Crippen LogP contribution in [-0.2, 0) is 13.2 Å². The molecule has 2 aromatic rings. The van der Waals surface area contributed by atoms with Crippen LogP contribution >= 0.6 is 27.5 Å². The summed E-state index contributed by atoms with van der Waals surface area (Å²) in [5.74, 6) is 0.377. The second-order valence-corrected chi connectivity index (χ2v) is 5.66. The average molecular weight is 359 g/mol. The Morgan fingerprint density at radius 2 is 2.00 bits per heavy atom. The molecule has 0 aromatic heterocycles. The molecule has 0 fully saturated rings. The summed E-state index contributed by atoms with van der Waals surface area (Å²) in [7, 11) is 1.86. The highest BCUT2D eigenvalue weighted by Gasteiger charge is 2.07. The van der Waals surface area contributed by atoms with Crippen molar-refractivity contribution in [2.75, 3.05) is 7.05 Å². The second kappa shape index (κ2) is 7.07. The zero-order valence-corrected chi connectivity index (χ0v) is 13.3. The third kappa shape index (κ3) is 3.95. The van der Waals surface area contributed by atoms with Crippen molar-refractivity contribution in [3.8, 4) is 5.75 Å². The summed E-state index contributed by atoms with van der Waals surface area (Å²) in [6.45, 7) is 0.846. The number of benzene rings is 2. The van der Waals surface area contributed by atoms with E-state index in [0.29, 0.717) is 17.1 Å². The van der Waals surface area contributed by atoms with Crippen molar-refractivity contribution < 1.29 is 9.13 Å². The van der Waals surface area contributed by atoms with E-state index in [1.165, 1.54) is 6.07 Å². The third-order valence-corrected chi connectivity index (χ3v) is 3.52. The van der Waals surface area contributed by atoms with Gasteiger partial charge in [-0.25, -0.2) is 4.39 Å². The fourth-order valence-corrected chi connectivity index (χ4v) is 2.38. The van der Waals surface area contributed by atoms with E-state index in [9.17, 15) is 4.39 Å². The summed E-state index contributed by atoms with van der Waals surface area (Å²) in [6, 6.07) is 10.3. The molecule has 0 spiro atoms. The highest BCUT2D eigenvalue weighted by Crippen LogP contribution is 2.25. The molecule has 0 radical (unpaired) electrons. The molecule has 106 valence electrons. The van der Waals surface area contributed by atoms with Crippen LogP contribution in [0.4, 0.5) is 4.39 Å². The highest BCUT2D eigenvalue weighted by atomic mass is 79.9. The molecule has 0 bridgehead atoms. The van der Waals surface area contributed by atoms with Crippen LogP contribution in [0.15, 0.2) is 40.9 Å². The second-order valence-electron chi connectivity index (χ2n) is 4.31. The van der Waals surface area contributed by atoms with E-state index in [-0.39, 0.29) is 12.4 Å². The summed E-state index contributed by atoms with van der Waals surface area (Å²) in [6.07, 6.45) is 0. The zero-order valence-electron chi connectivity index (χ0n) is 10.9. The summed E-state index contributed by atoms with van der Waals surface area (Å²) in [4.78, 5) is 0.